The standard InChI is InChI=1S/C20H29F3N4O2/c1-19(2,3)25-18(29)13-26(4)12-17(28)24-15-11-14(20(21,22)23)7-8-16(15)27-9-5-6-10-27/h7-8,11H,5-6,9-10,12-13H2,1-4H3,(H,24,28)(H,25,29). The zero-order chi connectivity index (χ0) is 21.8. The highest BCUT2D eigenvalue weighted by atomic mass is 19.4. The van der Waals surface area contributed by atoms with E-state index in [1.165, 1.54) is 11.0 Å². The SMILES string of the molecule is CN(CC(=O)Nc1cc(C(F)(F)F)ccc1N1CCCC1)CC(=O)NC(C)(C)C. The van der Waals surface area contributed by atoms with Gasteiger partial charge in [-0.05, 0) is 58.9 Å². The topological polar surface area (TPSA) is 64.7 Å². The molecule has 1 fully saturated rings. The molecule has 6 nitrogen and oxygen atoms in total. The summed E-state index contributed by atoms with van der Waals surface area (Å²) in [6, 6.07) is 3.41. The van der Waals surface area contributed by atoms with Crippen molar-refractivity contribution in [3.8, 4) is 0 Å². The maximum Gasteiger partial charge on any atom is 0.416 e. The molecule has 0 unspecified atom stereocenters. The number of likely N-dealkylation sites (N-methyl/N-ethyl adjacent to an activating group) is 1. The first kappa shape index (κ1) is 23.0. The predicted molar refractivity (Wildman–Crippen MR) is 107 cm³/mol. The number of carbonyl (C=O) groups excluding carboxylic acids is 2. The summed E-state index contributed by atoms with van der Waals surface area (Å²) in [7, 11) is 1.61. The van der Waals surface area contributed by atoms with Gasteiger partial charge < -0.3 is 15.5 Å². The molecule has 162 valence electrons. The van der Waals surface area contributed by atoms with Crippen molar-refractivity contribution in [1.82, 2.24) is 10.2 Å². The Kier molecular flexibility index (Phi) is 7.15. The van der Waals surface area contributed by atoms with E-state index >= 15 is 0 Å². The minimum Gasteiger partial charge on any atom is -0.370 e. The molecule has 1 aliphatic rings. The maximum absolute atomic E-state index is 13.1. The van der Waals surface area contributed by atoms with Crippen LogP contribution in [0.4, 0.5) is 24.5 Å². The van der Waals surface area contributed by atoms with Gasteiger partial charge in [-0.2, -0.15) is 13.2 Å². The summed E-state index contributed by atoms with van der Waals surface area (Å²) in [6.07, 6.45) is -2.58. The van der Waals surface area contributed by atoms with Crippen molar-refractivity contribution in [1.29, 1.82) is 0 Å². The van der Waals surface area contributed by atoms with Crippen molar-refractivity contribution in [2.75, 3.05) is 43.4 Å². The van der Waals surface area contributed by atoms with E-state index in [2.05, 4.69) is 10.6 Å². The van der Waals surface area contributed by atoms with Gasteiger partial charge in [-0.1, -0.05) is 0 Å². The highest BCUT2D eigenvalue weighted by Crippen LogP contribution is 2.36. The maximum atomic E-state index is 13.1. The Morgan fingerprint density at radius 1 is 1.07 bits per heavy atom. The van der Waals surface area contributed by atoms with Gasteiger partial charge in [-0.15, -0.1) is 0 Å². The van der Waals surface area contributed by atoms with Crippen LogP contribution in [-0.4, -0.2) is 55.5 Å². The zero-order valence-electron chi connectivity index (χ0n) is 17.3. The largest absolute Gasteiger partial charge is 0.416 e. The lowest BCUT2D eigenvalue weighted by Crippen LogP contribution is -2.46. The van der Waals surface area contributed by atoms with Gasteiger partial charge in [0.05, 0.1) is 30.0 Å². The summed E-state index contributed by atoms with van der Waals surface area (Å²) >= 11 is 0. The number of carbonyl (C=O) groups is 2. The first-order valence-corrected chi connectivity index (χ1v) is 9.61. The average Bonchev–Trinajstić information content (AvgIpc) is 3.05. The molecular formula is C20H29F3N4O2. The molecule has 2 rings (SSSR count). The number of benzene rings is 1. The van der Waals surface area contributed by atoms with E-state index in [0.717, 1.165) is 38.1 Å². The lowest BCUT2D eigenvalue weighted by molar-refractivity contribution is -0.137. The molecule has 1 aromatic carbocycles. The Balaban J connectivity index is 2.08. The van der Waals surface area contributed by atoms with Crippen LogP contribution < -0.4 is 15.5 Å². The minimum absolute atomic E-state index is 0.00621. The number of hydrogen-bond acceptors (Lipinski definition) is 4. The predicted octanol–water partition coefficient (Wildman–Crippen LogP) is 3.09. The van der Waals surface area contributed by atoms with Crippen LogP contribution >= 0.6 is 0 Å². The van der Waals surface area contributed by atoms with E-state index in [1.54, 1.807) is 7.05 Å². The highest BCUT2D eigenvalue weighted by Gasteiger charge is 2.32. The summed E-state index contributed by atoms with van der Waals surface area (Å²) in [5.41, 5.74) is -0.479. The molecule has 0 aromatic heterocycles. The van der Waals surface area contributed by atoms with Gasteiger partial charge in [-0.25, -0.2) is 0 Å². The Bertz CT molecular complexity index is 738. The fraction of sp³-hybridized carbons (Fsp3) is 0.600. The number of nitrogens with zero attached hydrogens (tertiary/aromatic N) is 2. The molecule has 9 heteroatoms. The number of hydrogen-bond donors (Lipinski definition) is 2. The minimum atomic E-state index is -4.50. The molecule has 2 N–H and O–H groups in total. The third kappa shape index (κ3) is 7.23. The number of anilines is 2. The van der Waals surface area contributed by atoms with Crippen LogP contribution in [0.3, 0.4) is 0 Å². The third-order valence-corrected chi connectivity index (χ3v) is 4.39. The van der Waals surface area contributed by atoms with Crippen LogP contribution in [0.2, 0.25) is 0 Å². The van der Waals surface area contributed by atoms with Crippen LogP contribution in [0.25, 0.3) is 0 Å². The van der Waals surface area contributed by atoms with Crippen LogP contribution in [0.1, 0.15) is 39.2 Å². The van der Waals surface area contributed by atoms with Gasteiger partial charge in [0, 0.05) is 18.6 Å². The van der Waals surface area contributed by atoms with Gasteiger partial charge in [0.1, 0.15) is 0 Å². The Labute approximate surface area is 169 Å². The van der Waals surface area contributed by atoms with Crippen molar-refractivity contribution in [2.24, 2.45) is 0 Å². The summed E-state index contributed by atoms with van der Waals surface area (Å²) in [5.74, 6) is -0.708. The molecule has 1 aliphatic heterocycles. The van der Waals surface area contributed by atoms with Gasteiger partial charge in [-0.3, -0.25) is 14.5 Å². The molecule has 0 spiro atoms. The third-order valence-electron chi connectivity index (χ3n) is 4.39. The van der Waals surface area contributed by atoms with Crippen molar-refractivity contribution >= 4 is 23.2 Å². The summed E-state index contributed by atoms with van der Waals surface area (Å²) in [6.45, 7) is 6.92. The first-order valence-electron chi connectivity index (χ1n) is 9.61. The monoisotopic (exact) mass is 414 g/mol. The fourth-order valence-corrected chi connectivity index (χ4v) is 3.24. The number of nitrogens with one attached hydrogen (secondary N) is 2. The number of rotatable bonds is 6. The van der Waals surface area contributed by atoms with Gasteiger partial charge in [0.25, 0.3) is 0 Å². The van der Waals surface area contributed by atoms with Gasteiger partial charge in [0.2, 0.25) is 11.8 Å². The molecule has 1 aromatic rings. The van der Waals surface area contributed by atoms with E-state index < -0.39 is 17.6 Å². The normalized spacial score (nSPS) is 15.0. The number of halogens is 3. The van der Waals surface area contributed by atoms with Crippen LogP contribution in [0, 0.1) is 0 Å². The summed E-state index contributed by atoms with van der Waals surface area (Å²) in [4.78, 5) is 27.9. The van der Waals surface area contributed by atoms with Gasteiger partial charge in [0.15, 0.2) is 0 Å². The van der Waals surface area contributed by atoms with E-state index in [9.17, 15) is 22.8 Å². The van der Waals surface area contributed by atoms with E-state index in [4.69, 9.17) is 0 Å². The zero-order valence-corrected chi connectivity index (χ0v) is 17.3. The molecule has 29 heavy (non-hydrogen) atoms. The van der Waals surface area contributed by atoms with Crippen LogP contribution in [0.5, 0.6) is 0 Å². The Morgan fingerprint density at radius 2 is 1.66 bits per heavy atom. The summed E-state index contributed by atoms with van der Waals surface area (Å²) < 4.78 is 39.4. The molecule has 1 heterocycles. The number of amides is 2. The molecule has 1 saturated heterocycles. The average molecular weight is 414 g/mol. The first-order chi connectivity index (χ1) is 13.3. The molecule has 0 radical (unpaired) electrons. The lowest BCUT2D eigenvalue weighted by Gasteiger charge is -2.24. The van der Waals surface area contributed by atoms with Crippen LogP contribution in [0.15, 0.2) is 18.2 Å². The van der Waals surface area contributed by atoms with E-state index in [1.807, 2.05) is 25.7 Å². The smallest absolute Gasteiger partial charge is 0.370 e. The van der Waals surface area contributed by atoms with Gasteiger partial charge >= 0.3 is 6.18 Å². The second kappa shape index (κ2) is 9.02. The highest BCUT2D eigenvalue weighted by molar-refractivity contribution is 5.96. The molecule has 0 atom stereocenters. The molecule has 0 aliphatic carbocycles. The van der Waals surface area contributed by atoms with Crippen molar-refractivity contribution in [3.63, 3.8) is 0 Å². The molecule has 2 amide bonds. The number of alkyl halides is 3. The molecule has 0 saturated carbocycles. The van der Waals surface area contributed by atoms with Crippen LogP contribution in [-0.2, 0) is 15.8 Å². The molecule has 0 bridgehead atoms. The van der Waals surface area contributed by atoms with Crippen molar-refractivity contribution < 1.29 is 22.8 Å². The van der Waals surface area contributed by atoms with Crippen molar-refractivity contribution in [2.45, 2.75) is 45.3 Å². The summed E-state index contributed by atoms with van der Waals surface area (Å²) in [5, 5.41) is 5.40. The Morgan fingerprint density at radius 3 is 2.21 bits per heavy atom. The van der Waals surface area contributed by atoms with E-state index in [0.29, 0.717) is 5.69 Å². The second-order valence-corrected chi connectivity index (χ2v) is 8.44. The van der Waals surface area contributed by atoms with E-state index in [-0.39, 0.29) is 30.2 Å². The van der Waals surface area contributed by atoms with Crippen molar-refractivity contribution in [3.05, 3.63) is 23.8 Å². The second-order valence-electron chi connectivity index (χ2n) is 8.44. The lowest BCUT2D eigenvalue weighted by atomic mass is 10.1. The molecular weight excluding hydrogens is 385 g/mol. The fourth-order valence-electron chi connectivity index (χ4n) is 3.24. The Hall–Kier alpha value is -2.29. The quantitative estimate of drug-likeness (QED) is 0.751.